The predicted molar refractivity (Wildman–Crippen MR) is 94.1 cm³/mol. The fourth-order valence-corrected chi connectivity index (χ4v) is 2.92. The summed E-state index contributed by atoms with van der Waals surface area (Å²) in [4.78, 5) is 0. The Balaban J connectivity index is 2.29. The van der Waals surface area contributed by atoms with Crippen LogP contribution in [0.3, 0.4) is 0 Å². The molecule has 0 aliphatic heterocycles. The molecule has 2 aromatic rings. The van der Waals surface area contributed by atoms with Crippen LogP contribution >= 0.6 is 0 Å². The second-order valence-electron chi connectivity index (χ2n) is 6.98. The van der Waals surface area contributed by atoms with Crippen LogP contribution in [0.5, 0.6) is 5.75 Å². The molecule has 0 fully saturated rings. The second kappa shape index (κ2) is 5.56. The zero-order valence-electron chi connectivity index (χ0n) is 13.6. The first-order valence-corrected chi connectivity index (χ1v) is 10.3. The lowest BCUT2D eigenvalue weighted by atomic mass is 10.1. The lowest BCUT2D eigenvalue weighted by Gasteiger charge is -2.36. The average molecular weight is 299 g/mol. The van der Waals surface area contributed by atoms with Crippen molar-refractivity contribution in [1.82, 2.24) is 0 Å². The molecule has 0 atom stereocenters. The summed E-state index contributed by atoms with van der Waals surface area (Å²) in [5.41, 5.74) is 9.21. The van der Waals surface area contributed by atoms with E-state index < -0.39 is 8.32 Å². The molecule has 0 bridgehead atoms. The van der Waals surface area contributed by atoms with Gasteiger partial charge in [-0.15, -0.1) is 0 Å². The molecule has 2 N–H and O–H groups in total. The topological polar surface area (TPSA) is 35.2 Å². The molecule has 0 unspecified atom stereocenters. The van der Waals surface area contributed by atoms with Crippen molar-refractivity contribution in [2.45, 2.75) is 38.9 Å². The van der Waals surface area contributed by atoms with Gasteiger partial charge < -0.3 is 10.2 Å². The van der Waals surface area contributed by atoms with E-state index in [-0.39, 0.29) is 5.04 Å². The first kappa shape index (κ1) is 15.6. The summed E-state index contributed by atoms with van der Waals surface area (Å²) in [5, 5.41) is 0.164. The number of nitrogens with two attached hydrogens (primary N) is 1. The molecule has 0 heterocycles. The fourth-order valence-electron chi connectivity index (χ4n) is 1.88. The predicted octanol–water partition coefficient (Wildman–Crippen LogP) is 5.32. The Hall–Kier alpha value is -1.74. The zero-order valence-corrected chi connectivity index (χ0v) is 14.6. The summed E-state index contributed by atoms with van der Waals surface area (Å²) >= 11 is 0. The maximum atomic E-state index is 6.30. The maximum Gasteiger partial charge on any atom is 0.250 e. The Bertz CT molecular complexity index is 615. The molecular formula is C18H25NOSi. The van der Waals surface area contributed by atoms with Crippen LogP contribution in [0.15, 0.2) is 48.5 Å². The standard InChI is InChI=1S/C18H25NOSi/c1-18(2,3)21(4,5)20-17-12-11-15(13-16(17)19)14-9-7-6-8-10-14/h6-13H,19H2,1-5H3. The molecule has 0 aromatic heterocycles. The van der Waals surface area contributed by atoms with Crippen LogP contribution in [0.25, 0.3) is 11.1 Å². The van der Waals surface area contributed by atoms with Crippen LogP contribution in [-0.2, 0) is 0 Å². The molecule has 2 rings (SSSR count). The molecule has 21 heavy (non-hydrogen) atoms. The Labute approximate surface area is 129 Å². The molecular weight excluding hydrogens is 274 g/mol. The minimum atomic E-state index is -1.85. The maximum absolute atomic E-state index is 6.30. The third-order valence-corrected chi connectivity index (χ3v) is 8.63. The van der Waals surface area contributed by atoms with Crippen molar-refractivity contribution in [1.29, 1.82) is 0 Å². The number of rotatable bonds is 3. The van der Waals surface area contributed by atoms with E-state index in [1.54, 1.807) is 0 Å². The number of hydrogen-bond donors (Lipinski definition) is 1. The van der Waals surface area contributed by atoms with Gasteiger partial charge in [-0.2, -0.15) is 0 Å². The van der Waals surface area contributed by atoms with Gasteiger partial charge in [0.1, 0.15) is 5.75 Å². The summed E-state index contributed by atoms with van der Waals surface area (Å²) < 4.78 is 6.30. The summed E-state index contributed by atoms with van der Waals surface area (Å²) in [7, 11) is -1.85. The molecule has 2 aromatic carbocycles. The zero-order chi connectivity index (χ0) is 15.7. The van der Waals surface area contributed by atoms with E-state index in [4.69, 9.17) is 10.2 Å². The Morgan fingerprint density at radius 3 is 2.05 bits per heavy atom. The minimum Gasteiger partial charge on any atom is -0.542 e. The highest BCUT2D eigenvalue weighted by molar-refractivity contribution is 6.74. The molecule has 0 saturated heterocycles. The smallest absolute Gasteiger partial charge is 0.250 e. The van der Waals surface area contributed by atoms with E-state index in [1.807, 2.05) is 30.3 Å². The van der Waals surface area contributed by atoms with E-state index in [1.165, 1.54) is 5.56 Å². The third-order valence-electron chi connectivity index (χ3n) is 4.29. The van der Waals surface area contributed by atoms with Gasteiger partial charge in [0.05, 0.1) is 5.69 Å². The molecule has 3 heteroatoms. The molecule has 2 nitrogen and oxygen atoms in total. The monoisotopic (exact) mass is 299 g/mol. The number of nitrogen functional groups attached to an aromatic ring is 1. The van der Waals surface area contributed by atoms with Crippen molar-refractivity contribution in [2.24, 2.45) is 0 Å². The van der Waals surface area contributed by atoms with Crippen LogP contribution in [0.4, 0.5) is 5.69 Å². The highest BCUT2D eigenvalue weighted by Gasteiger charge is 2.39. The van der Waals surface area contributed by atoms with E-state index in [0.717, 1.165) is 11.3 Å². The molecule has 0 spiro atoms. The van der Waals surface area contributed by atoms with Gasteiger partial charge >= 0.3 is 0 Å². The lowest BCUT2D eigenvalue weighted by Crippen LogP contribution is -2.44. The highest BCUT2D eigenvalue weighted by Crippen LogP contribution is 2.39. The van der Waals surface area contributed by atoms with Gasteiger partial charge in [0.2, 0.25) is 0 Å². The van der Waals surface area contributed by atoms with Crippen molar-refractivity contribution in [2.75, 3.05) is 5.73 Å². The molecule has 0 radical (unpaired) electrons. The van der Waals surface area contributed by atoms with Crippen LogP contribution in [0.1, 0.15) is 20.8 Å². The lowest BCUT2D eigenvalue weighted by molar-refractivity contribution is 0.494. The Morgan fingerprint density at radius 1 is 0.905 bits per heavy atom. The van der Waals surface area contributed by atoms with E-state index in [9.17, 15) is 0 Å². The number of hydrogen-bond acceptors (Lipinski definition) is 2. The fraction of sp³-hybridized carbons (Fsp3) is 0.333. The third kappa shape index (κ3) is 3.48. The summed E-state index contributed by atoms with van der Waals surface area (Å²) in [5.74, 6) is 0.807. The molecule has 112 valence electrons. The molecule has 0 saturated carbocycles. The van der Waals surface area contributed by atoms with Gasteiger partial charge in [-0.1, -0.05) is 57.2 Å². The van der Waals surface area contributed by atoms with Gasteiger partial charge in [0.15, 0.2) is 0 Å². The minimum absolute atomic E-state index is 0.164. The average Bonchev–Trinajstić information content (AvgIpc) is 2.40. The van der Waals surface area contributed by atoms with Crippen molar-refractivity contribution in [3.8, 4) is 16.9 Å². The van der Waals surface area contributed by atoms with Gasteiger partial charge in [-0.3, -0.25) is 0 Å². The Morgan fingerprint density at radius 2 is 1.52 bits per heavy atom. The van der Waals surface area contributed by atoms with E-state index in [0.29, 0.717) is 5.69 Å². The van der Waals surface area contributed by atoms with Crippen molar-refractivity contribution in [3.05, 3.63) is 48.5 Å². The van der Waals surface area contributed by atoms with Crippen LogP contribution < -0.4 is 10.2 Å². The summed E-state index contributed by atoms with van der Waals surface area (Å²) in [6, 6.07) is 16.3. The van der Waals surface area contributed by atoms with E-state index in [2.05, 4.69) is 52.1 Å². The molecule has 0 amide bonds. The number of anilines is 1. The quantitative estimate of drug-likeness (QED) is 0.615. The largest absolute Gasteiger partial charge is 0.542 e. The van der Waals surface area contributed by atoms with Crippen LogP contribution in [0, 0.1) is 0 Å². The van der Waals surface area contributed by atoms with Crippen LogP contribution in [0.2, 0.25) is 18.1 Å². The normalized spacial score (nSPS) is 12.2. The van der Waals surface area contributed by atoms with Gasteiger partial charge in [-0.05, 0) is 41.4 Å². The molecule has 0 aliphatic rings. The summed E-state index contributed by atoms with van der Waals surface area (Å²) in [6.07, 6.45) is 0. The second-order valence-corrected chi connectivity index (χ2v) is 11.7. The Kier molecular flexibility index (Phi) is 4.15. The highest BCUT2D eigenvalue weighted by atomic mass is 28.4. The van der Waals surface area contributed by atoms with Gasteiger partial charge in [0, 0.05) is 0 Å². The SMILES string of the molecule is CC(C)(C)[Si](C)(C)Oc1ccc(-c2ccccc2)cc1N. The van der Waals surface area contributed by atoms with Crippen molar-refractivity contribution in [3.63, 3.8) is 0 Å². The first-order chi connectivity index (χ1) is 9.71. The van der Waals surface area contributed by atoms with E-state index >= 15 is 0 Å². The van der Waals surface area contributed by atoms with Gasteiger partial charge in [-0.25, -0.2) is 0 Å². The van der Waals surface area contributed by atoms with Crippen molar-refractivity contribution < 1.29 is 4.43 Å². The first-order valence-electron chi connectivity index (χ1n) is 7.35. The summed E-state index contributed by atoms with van der Waals surface area (Å²) in [6.45, 7) is 11.2. The number of benzene rings is 2. The van der Waals surface area contributed by atoms with Crippen LogP contribution in [-0.4, -0.2) is 8.32 Å². The van der Waals surface area contributed by atoms with Crippen molar-refractivity contribution >= 4 is 14.0 Å². The molecule has 0 aliphatic carbocycles. The van der Waals surface area contributed by atoms with Gasteiger partial charge in [0.25, 0.3) is 8.32 Å².